The van der Waals surface area contributed by atoms with Crippen LogP contribution in [-0.2, 0) is 40.0 Å². The molecule has 1 aromatic carbocycles. The number of carboxylic acid groups (broad SMARTS) is 1. The van der Waals surface area contributed by atoms with Crippen molar-refractivity contribution in [1.29, 1.82) is 0 Å². The van der Waals surface area contributed by atoms with Crippen LogP contribution in [-0.4, -0.2) is 77.6 Å². The number of hydrogen-bond donors (Lipinski definition) is 7. The zero-order chi connectivity index (χ0) is 30.9. The Kier molecular flexibility index (Phi) is 15.3. The Morgan fingerprint density at radius 2 is 1.37 bits per heavy atom. The first-order valence-electron chi connectivity index (χ1n) is 13.3. The molecule has 0 radical (unpaired) electrons. The molecular formula is C27H40N6O8. The van der Waals surface area contributed by atoms with E-state index in [0.29, 0.717) is 18.3 Å². The molecule has 5 amide bonds. The van der Waals surface area contributed by atoms with E-state index in [9.17, 15) is 33.6 Å². The minimum atomic E-state index is -1.32. The molecule has 0 bridgehead atoms. The van der Waals surface area contributed by atoms with Gasteiger partial charge in [-0.25, -0.2) is 0 Å². The van der Waals surface area contributed by atoms with Crippen molar-refractivity contribution in [2.24, 2.45) is 17.4 Å². The van der Waals surface area contributed by atoms with Crippen LogP contribution in [0.3, 0.4) is 0 Å². The number of benzene rings is 1. The molecule has 0 aliphatic carbocycles. The highest BCUT2D eigenvalue weighted by Gasteiger charge is 2.31. The van der Waals surface area contributed by atoms with E-state index in [1.165, 1.54) is 0 Å². The van der Waals surface area contributed by atoms with Gasteiger partial charge in [-0.1, -0.05) is 44.2 Å². The first-order valence-corrected chi connectivity index (χ1v) is 13.3. The molecular weight excluding hydrogens is 536 g/mol. The van der Waals surface area contributed by atoms with Gasteiger partial charge in [0.1, 0.15) is 24.4 Å². The number of carboxylic acids is 1. The SMILES string of the molecule is CC(C)C[C@H](N)C(=O)N[C@@H](CCC(=O)O)C(=O)N[C@@H](Cc1ccccc1)C(=O)N[C@@H](CCC(N)=O)C(=O)NCC=O. The maximum absolute atomic E-state index is 13.4. The minimum Gasteiger partial charge on any atom is -0.481 e. The fourth-order valence-electron chi connectivity index (χ4n) is 3.85. The first kappa shape index (κ1) is 34.7. The lowest BCUT2D eigenvalue weighted by molar-refractivity contribution is -0.138. The van der Waals surface area contributed by atoms with E-state index in [1.54, 1.807) is 30.3 Å². The summed E-state index contributed by atoms with van der Waals surface area (Å²) in [5.74, 6) is -4.82. The Hall–Kier alpha value is -4.33. The molecule has 1 rings (SSSR count). The lowest BCUT2D eigenvalue weighted by Gasteiger charge is -2.26. The number of carbonyl (C=O) groups excluding carboxylic acids is 6. The molecule has 41 heavy (non-hydrogen) atoms. The molecule has 0 saturated carbocycles. The van der Waals surface area contributed by atoms with Crippen molar-refractivity contribution in [1.82, 2.24) is 21.3 Å². The molecule has 0 aromatic heterocycles. The van der Waals surface area contributed by atoms with Crippen molar-refractivity contribution >= 4 is 41.8 Å². The summed E-state index contributed by atoms with van der Waals surface area (Å²) in [6.07, 6.45) is -0.365. The lowest BCUT2D eigenvalue weighted by atomic mass is 10.0. The van der Waals surface area contributed by atoms with Gasteiger partial charge in [-0.2, -0.15) is 0 Å². The number of aliphatic carboxylic acids is 1. The third kappa shape index (κ3) is 14.0. The molecule has 14 nitrogen and oxygen atoms in total. The predicted octanol–water partition coefficient (Wildman–Crippen LogP) is -1.50. The van der Waals surface area contributed by atoms with Crippen LogP contribution in [0.15, 0.2) is 30.3 Å². The van der Waals surface area contributed by atoms with Crippen LogP contribution in [0.25, 0.3) is 0 Å². The van der Waals surface area contributed by atoms with Crippen LogP contribution in [0.4, 0.5) is 0 Å². The fourth-order valence-corrected chi connectivity index (χ4v) is 3.85. The van der Waals surface area contributed by atoms with Crippen molar-refractivity contribution in [2.75, 3.05) is 6.54 Å². The number of nitrogens with two attached hydrogens (primary N) is 2. The highest BCUT2D eigenvalue weighted by Crippen LogP contribution is 2.08. The summed E-state index contributed by atoms with van der Waals surface area (Å²) in [5, 5.41) is 19.0. The van der Waals surface area contributed by atoms with E-state index in [1.807, 2.05) is 13.8 Å². The van der Waals surface area contributed by atoms with Crippen LogP contribution < -0.4 is 32.7 Å². The van der Waals surface area contributed by atoms with Gasteiger partial charge in [0, 0.05) is 19.3 Å². The smallest absolute Gasteiger partial charge is 0.303 e. The molecule has 0 aliphatic heterocycles. The fraction of sp³-hybridized carbons (Fsp3) is 0.519. The zero-order valence-electron chi connectivity index (χ0n) is 23.3. The molecule has 0 saturated heterocycles. The molecule has 1 aromatic rings. The van der Waals surface area contributed by atoms with Crippen molar-refractivity contribution in [3.05, 3.63) is 35.9 Å². The number of primary amides is 1. The number of rotatable bonds is 19. The Morgan fingerprint density at radius 1 is 0.829 bits per heavy atom. The summed E-state index contributed by atoms with van der Waals surface area (Å²) in [4.78, 5) is 85.0. The van der Waals surface area contributed by atoms with Gasteiger partial charge in [0.05, 0.1) is 12.6 Å². The van der Waals surface area contributed by atoms with Crippen molar-refractivity contribution < 1.29 is 38.7 Å². The Labute approximate surface area is 238 Å². The van der Waals surface area contributed by atoms with Gasteiger partial charge in [-0.3, -0.25) is 28.8 Å². The summed E-state index contributed by atoms with van der Waals surface area (Å²) >= 11 is 0. The van der Waals surface area contributed by atoms with E-state index in [4.69, 9.17) is 16.6 Å². The number of amides is 5. The number of hydrogen-bond acceptors (Lipinski definition) is 8. The van der Waals surface area contributed by atoms with Gasteiger partial charge >= 0.3 is 5.97 Å². The van der Waals surface area contributed by atoms with E-state index >= 15 is 0 Å². The average Bonchev–Trinajstić information content (AvgIpc) is 2.91. The Bertz CT molecular complexity index is 1070. The zero-order valence-corrected chi connectivity index (χ0v) is 23.3. The van der Waals surface area contributed by atoms with Gasteiger partial charge in [0.15, 0.2) is 0 Å². The van der Waals surface area contributed by atoms with Crippen LogP contribution in [0.2, 0.25) is 0 Å². The van der Waals surface area contributed by atoms with Gasteiger partial charge in [-0.05, 0) is 30.7 Å². The number of aldehydes is 1. The van der Waals surface area contributed by atoms with Crippen LogP contribution >= 0.6 is 0 Å². The second-order valence-corrected chi connectivity index (χ2v) is 9.96. The largest absolute Gasteiger partial charge is 0.481 e. The summed E-state index contributed by atoms with van der Waals surface area (Å²) in [6.45, 7) is 3.41. The molecule has 14 heteroatoms. The molecule has 0 heterocycles. The highest BCUT2D eigenvalue weighted by atomic mass is 16.4. The molecule has 0 unspecified atom stereocenters. The minimum absolute atomic E-state index is 0.0244. The quantitative estimate of drug-likeness (QED) is 0.0947. The Balaban J connectivity index is 3.21. The first-order chi connectivity index (χ1) is 19.3. The summed E-state index contributed by atoms with van der Waals surface area (Å²) < 4.78 is 0. The third-order valence-electron chi connectivity index (χ3n) is 5.93. The van der Waals surface area contributed by atoms with Crippen molar-refractivity contribution in [3.8, 4) is 0 Å². The maximum Gasteiger partial charge on any atom is 0.303 e. The monoisotopic (exact) mass is 576 g/mol. The normalized spacial score (nSPS) is 13.7. The second kappa shape index (κ2) is 18.1. The van der Waals surface area contributed by atoms with Gasteiger partial charge in [-0.15, -0.1) is 0 Å². The third-order valence-corrected chi connectivity index (χ3v) is 5.93. The van der Waals surface area contributed by atoms with Gasteiger partial charge in [0.2, 0.25) is 29.5 Å². The maximum atomic E-state index is 13.4. The standard InChI is InChI=1S/C27H40N6O8/c1-16(2)14-18(28)24(38)31-20(9-11-23(36)37)26(40)33-21(15-17-6-4-3-5-7-17)27(41)32-19(8-10-22(29)35)25(39)30-12-13-34/h3-7,13,16,18-21H,8-12,14-15,28H2,1-2H3,(H2,29,35)(H,30,39)(H,31,38)(H,32,41)(H,33,40)(H,36,37)/t18-,19-,20-,21-/m0/s1. The molecule has 0 aliphatic rings. The van der Waals surface area contributed by atoms with Gasteiger partial charge < -0.3 is 42.6 Å². The van der Waals surface area contributed by atoms with E-state index < -0.39 is 66.1 Å². The average molecular weight is 577 g/mol. The molecule has 4 atom stereocenters. The molecule has 226 valence electrons. The van der Waals surface area contributed by atoms with E-state index in [-0.39, 0.29) is 38.1 Å². The van der Waals surface area contributed by atoms with Crippen LogP contribution in [0.5, 0.6) is 0 Å². The van der Waals surface area contributed by atoms with E-state index in [0.717, 1.165) is 0 Å². The summed E-state index contributed by atoms with van der Waals surface area (Å²) in [5.41, 5.74) is 11.8. The van der Waals surface area contributed by atoms with Crippen molar-refractivity contribution in [2.45, 2.75) is 76.5 Å². The molecule has 0 spiro atoms. The lowest BCUT2D eigenvalue weighted by Crippen LogP contribution is -2.58. The van der Waals surface area contributed by atoms with Crippen molar-refractivity contribution in [3.63, 3.8) is 0 Å². The van der Waals surface area contributed by atoms with Crippen LogP contribution in [0, 0.1) is 5.92 Å². The topological polar surface area (TPSA) is 240 Å². The Morgan fingerprint density at radius 3 is 1.93 bits per heavy atom. The molecule has 9 N–H and O–H groups in total. The number of carbonyl (C=O) groups is 7. The van der Waals surface area contributed by atoms with Gasteiger partial charge in [0.25, 0.3) is 0 Å². The highest BCUT2D eigenvalue weighted by molar-refractivity contribution is 5.95. The second-order valence-electron chi connectivity index (χ2n) is 9.96. The molecule has 0 fully saturated rings. The van der Waals surface area contributed by atoms with E-state index in [2.05, 4.69) is 21.3 Å². The van der Waals surface area contributed by atoms with Crippen LogP contribution in [0.1, 0.15) is 51.5 Å². The summed E-state index contributed by atoms with van der Waals surface area (Å²) in [6, 6.07) is 3.85. The summed E-state index contributed by atoms with van der Waals surface area (Å²) in [7, 11) is 0. The number of nitrogens with one attached hydrogen (secondary N) is 4. The predicted molar refractivity (Wildman–Crippen MR) is 148 cm³/mol.